The summed E-state index contributed by atoms with van der Waals surface area (Å²) in [6.07, 6.45) is 6.92. The number of benzene rings is 1. The summed E-state index contributed by atoms with van der Waals surface area (Å²) in [5, 5.41) is 9.06. The standard InChI is InChI=1S/C25H29N3O2S/c1-16(29)31-25(4,5)19-7-6-18(12-22(30)23-27-15-20(14-26)28-23)21(13-19)17-8-10-24(2,3)11-9-17/h6-8,13,15H,9-12H2,1-5H3,(H,27,28). The average molecular weight is 436 g/mol. The number of nitrogens with one attached hydrogen (secondary N) is 1. The fraction of sp³-hybridized carbons (Fsp3) is 0.440. The summed E-state index contributed by atoms with van der Waals surface area (Å²) in [6.45, 7) is 10.2. The van der Waals surface area contributed by atoms with E-state index in [2.05, 4.69) is 36.0 Å². The van der Waals surface area contributed by atoms with Gasteiger partial charge in [0.05, 0.1) is 6.20 Å². The van der Waals surface area contributed by atoms with Gasteiger partial charge in [0.1, 0.15) is 11.8 Å². The van der Waals surface area contributed by atoms with Crippen LogP contribution in [0, 0.1) is 16.7 Å². The van der Waals surface area contributed by atoms with Crippen LogP contribution >= 0.6 is 11.8 Å². The highest BCUT2D eigenvalue weighted by Gasteiger charge is 2.27. The highest BCUT2D eigenvalue weighted by atomic mass is 32.2. The second kappa shape index (κ2) is 8.84. The number of aromatic nitrogens is 2. The van der Waals surface area contributed by atoms with Crippen molar-refractivity contribution in [1.82, 2.24) is 9.97 Å². The van der Waals surface area contributed by atoms with Gasteiger partial charge in [-0.15, -0.1) is 0 Å². The molecule has 1 N–H and O–H groups in total. The van der Waals surface area contributed by atoms with Gasteiger partial charge in [0, 0.05) is 18.1 Å². The maximum atomic E-state index is 12.8. The summed E-state index contributed by atoms with van der Waals surface area (Å²) in [7, 11) is 0. The molecule has 0 bridgehead atoms. The number of thioether (sulfide) groups is 1. The third kappa shape index (κ3) is 5.54. The number of hydrogen-bond acceptors (Lipinski definition) is 5. The van der Waals surface area contributed by atoms with Crippen molar-refractivity contribution in [2.75, 3.05) is 0 Å². The summed E-state index contributed by atoms with van der Waals surface area (Å²) in [4.78, 5) is 31.4. The van der Waals surface area contributed by atoms with Gasteiger partial charge < -0.3 is 4.98 Å². The summed E-state index contributed by atoms with van der Waals surface area (Å²) in [5.74, 6) is 0.0578. The van der Waals surface area contributed by atoms with Crippen molar-refractivity contribution in [2.45, 2.75) is 65.0 Å². The Morgan fingerprint density at radius 3 is 2.65 bits per heavy atom. The molecule has 1 aromatic carbocycles. The van der Waals surface area contributed by atoms with Gasteiger partial charge in [-0.05, 0) is 66.9 Å². The van der Waals surface area contributed by atoms with Crippen LogP contribution in [0.4, 0.5) is 0 Å². The number of Topliss-reactive ketones (excluding diaryl/α,β-unsaturated/α-hetero) is 1. The number of carbonyl (C=O) groups is 2. The van der Waals surface area contributed by atoms with Crippen LogP contribution < -0.4 is 0 Å². The quantitative estimate of drug-likeness (QED) is 0.578. The Bertz CT molecular complexity index is 1090. The van der Waals surface area contributed by atoms with Crippen LogP contribution in [0.15, 0.2) is 30.5 Å². The molecule has 0 fully saturated rings. The Morgan fingerprint density at radius 1 is 1.32 bits per heavy atom. The number of carbonyl (C=O) groups excluding carboxylic acids is 2. The molecule has 1 heterocycles. The molecule has 0 atom stereocenters. The van der Waals surface area contributed by atoms with Crippen molar-refractivity contribution in [3.8, 4) is 6.07 Å². The number of H-pyrrole nitrogens is 1. The van der Waals surface area contributed by atoms with Crippen molar-refractivity contribution in [3.63, 3.8) is 0 Å². The molecular formula is C25H29N3O2S. The van der Waals surface area contributed by atoms with E-state index < -0.39 is 0 Å². The van der Waals surface area contributed by atoms with Crippen molar-refractivity contribution >= 4 is 28.2 Å². The molecule has 0 radical (unpaired) electrons. The molecule has 1 aliphatic carbocycles. The first-order chi connectivity index (χ1) is 14.5. The van der Waals surface area contributed by atoms with Gasteiger partial charge in [0.25, 0.3) is 0 Å². The Hall–Kier alpha value is -2.65. The minimum absolute atomic E-state index is 0.0792. The number of rotatable bonds is 6. The molecule has 2 aromatic rings. The van der Waals surface area contributed by atoms with Crippen LogP contribution in [-0.4, -0.2) is 20.9 Å². The summed E-state index contributed by atoms with van der Waals surface area (Å²) < 4.78 is -0.361. The topological polar surface area (TPSA) is 86.6 Å². The molecule has 1 aliphatic rings. The SMILES string of the molecule is CC(=O)SC(C)(C)c1ccc(CC(=O)c2ncc(C#N)[nH]2)c(C2=CCC(C)(C)CC2)c1. The molecule has 0 spiro atoms. The molecule has 162 valence electrons. The van der Waals surface area contributed by atoms with Gasteiger partial charge in [-0.1, -0.05) is 43.8 Å². The van der Waals surface area contributed by atoms with Crippen LogP contribution in [-0.2, 0) is 16.0 Å². The van der Waals surface area contributed by atoms with E-state index in [1.165, 1.54) is 23.5 Å². The largest absolute Gasteiger partial charge is 0.327 e. The summed E-state index contributed by atoms with van der Waals surface area (Å²) >= 11 is 1.32. The smallest absolute Gasteiger partial charge is 0.202 e. The van der Waals surface area contributed by atoms with Gasteiger partial charge in [0.15, 0.2) is 10.9 Å². The molecule has 0 saturated heterocycles. The molecule has 6 heteroatoms. The molecular weight excluding hydrogens is 406 g/mol. The number of imidazole rings is 1. The van der Waals surface area contributed by atoms with E-state index in [1.807, 2.05) is 32.0 Å². The van der Waals surface area contributed by atoms with Gasteiger partial charge in [-0.2, -0.15) is 5.26 Å². The van der Waals surface area contributed by atoms with Gasteiger partial charge in [-0.3, -0.25) is 9.59 Å². The monoisotopic (exact) mass is 435 g/mol. The fourth-order valence-electron chi connectivity index (χ4n) is 3.92. The number of allylic oxidation sites excluding steroid dienone is 2. The Kier molecular flexibility index (Phi) is 6.56. The van der Waals surface area contributed by atoms with E-state index in [4.69, 9.17) is 5.26 Å². The van der Waals surface area contributed by atoms with Gasteiger partial charge >= 0.3 is 0 Å². The number of ketones is 1. The molecule has 0 unspecified atom stereocenters. The lowest BCUT2D eigenvalue weighted by Gasteiger charge is -2.30. The minimum Gasteiger partial charge on any atom is -0.327 e. The lowest BCUT2D eigenvalue weighted by Crippen LogP contribution is -2.17. The normalized spacial score (nSPS) is 15.8. The first kappa shape index (κ1) is 23.0. The molecule has 5 nitrogen and oxygen atoms in total. The Balaban J connectivity index is 1.99. The average Bonchev–Trinajstić information content (AvgIpc) is 3.17. The predicted octanol–water partition coefficient (Wildman–Crippen LogP) is 5.82. The van der Waals surface area contributed by atoms with Crippen molar-refractivity contribution in [3.05, 3.63) is 58.7 Å². The Labute approximate surface area is 188 Å². The van der Waals surface area contributed by atoms with Gasteiger partial charge in [-0.25, -0.2) is 4.98 Å². The van der Waals surface area contributed by atoms with Crippen molar-refractivity contribution in [1.29, 1.82) is 5.26 Å². The second-order valence-corrected chi connectivity index (χ2v) is 11.2. The zero-order valence-corrected chi connectivity index (χ0v) is 19.7. The highest BCUT2D eigenvalue weighted by Crippen LogP contribution is 2.42. The number of hydrogen-bond donors (Lipinski definition) is 1. The second-order valence-electron chi connectivity index (χ2n) is 9.43. The maximum Gasteiger partial charge on any atom is 0.202 e. The third-order valence-electron chi connectivity index (χ3n) is 5.83. The van der Waals surface area contributed by atoms with E-state index in [-0.39, 0.29) is 39.0 Å². The highest BCUT2D eigenvalue weighted by molar-refractivity contribution is 8.14. The minimum atomic E-state index is -0.361. The third-order valence-corrected chi connectivity index (χ3v) is 6.87. The molecule has 31 heavy (non-hydrogen) atoms. The van der Waals surface area contributed by atoms with Crippen LogP contribution in [0.3, 0.4) is 0 Å². The molecule has 1 aromatic heterocycles. The lowest BCUT2D eigenvalue weighted by atomic mass is 9.76. The van der Waals surface area contributed by atoms with Crippen molar-refractivity contribution in [2.24, 2.45) is 5.41 Å². The molecule has 3 rings (SSSR count). The molecule has 0 aliphatic heterocycles. The summed E-state index contributed by atoms with van der Waals surface area (Å²) in [5.41, 5.74) is 4.89. The maximum absolute atomic E-state index is 12.8. The van der Waals surface area contributed by atoms with E-state index in [0.717, 1.165) is 36.0 Å². The first-order valence-electron chi connectivity index (χ1n) is 10.5. The van der Waals surface area contributed by atoms with E-state index in [9.17, 15) is 9.59 Å². The number of nitriles is 1. The molecule has 0 amide bonds. The lowest BCUT2D eigenvalue weighted by molar-refractivity contribution is -0.109. The summed E-state index contributed by atoms with van der Waals surface area (Å²) in [6, 6.07) is 8.12. The van der Waals surface area contributed by atoms with E-state index >= 15 is 0 Å². The van der Waals surface area contributed by atoms with E-state index in [0.29, 0.717) is 0 Å². The Morgan fingerprint density at radius 2 is 2.06 bits per heavy atom. The molecule has 0 saturated carbocycles. The zero-order valence-electron chi connectivity index (χ0n) is 18.8. The number of aromatic amines is 1. The van der Waals surface area contributed by atoms with Crippen LogP contribution in [0.25, 0.3) is 5.57 Å². The zero-order chi connectivity index (χ0) is 22.8. The van der Waals surface area contributed by atoms with Crippen LogP contribution in [0.2, 0.25) is 0 Å². The van der Waals surface area contributed by atoms with Crippen LogP contribution in [0.1, 0.15) is 86.9 Å². The first-order valence-corrected chi connectivity index (χ1v) is 11.3. The van der Waals surface area contributed by atoms with E-state index in [1.54, 1.807) is 6.92 Å². The fourth-order valence-corrected chi connectivity index (χ4v) is 4.88. The predicted molar refractivity (Wildman–Crippen MR) is 125 cm³/mol. The number of nitrogens with zero attached hydrogens (tertiary/aromatic N) is 2. The van der Waals surface area contributed by atoms with Crippen LogP contribution in [0.5, 0.6) is 0 Å². The van der Waals surface area contributed by atoms with Gasteiger partial charge in [0.2, 0.25) is 5.78 Å². The van der Waals surface area contributed by atoms with Crippen molar-refractivity contribution < 1.29 is 9.59 Å².